The second-order valence-electron chi connectivity index (χ2n) is 3.72. The molecule has 5 heteroatoms. The summed E-state index contributed by atoms with van der Waals surface area (Å²) in [6.07, 6.45) is 1.13. The Hall–Kier alpha value is -1.62. The van der Waals surface area contributed by atoms with E-state index in [-0.39, 0.29) is 5.91 Å². The molecule has 4 nitrogen and oxygen atoms in total. The molecule has 1 saturated heterocycles. The smallest absolute Gasteiger partial charge is 0.253 e. The molecule has 0 bridgehead atoms. The fourth-order valence-electron chi connectivity index (χ4n) is 1.63. The molecule has 1 aliphatic rings. The normalized spacial score (nSPS) is 19.7. The molecule has 3 N–H and O–H groups in total. The van der Waals surface area contributed by atoms with Crippen molar-refractivity contribution in [1.82, 2.24) is 0 Å². The van der Waals surface area contributed by atoms with Gasteiger partial charge >= 0.3 is 0 Å². The number of halogens is 1. The first-order chi connectivity index (χ1) is 7.66. The summed E-state index contributed by atoms with van der Waals surface area (Å²) in [7, 11) is 0. The third kappa shape index (κ3) is 2.30. The van der Waals surface area contributed by atoms with E-state index < -0.39 is 11.9 Å². The van der Waals surface area contributed by atoms with Crippen LogP contribution in [0, 0.1) is 5.82 Å². The third-order valence-corrected chi connectivity index (χ3v) is 2.50. The van der Waals surface area contributed by atoms with Crippen LogP contribution >= 0.6 is 0 Å². The van der Waals surface area contributed by atoms with Crippen LogP contribution in [0.3, 0.4) is 0 Å². The third-order valence-electron chi connectivity index (χ3n) is 2.50. The molecular formula is C11H13FN2O2. The van der Waals surface area contributed by atoms with E-state index in [1.54, 1.807) is 0 Å². The maximum atomic E-state index is 12.9. The molecular weight excluding hydrogens is 211 g/mol. The summed E-state index contributed by atoms with van der Waals surface area (Å²) in [4.78, 5) is 11.7. The van der Waals surface area contributed by atoms with Crippen molar-refractivity contribution in [3.05, 3.63) is 24.0 Å². The van der Waals surface area contributed by atoms with Crippen molar-refractivity contribution < 1.29 is 13.9 Å². The molecule has 1 atom stereocenters. The minimum Gasteiger partial charge on any atom is -0.397 e. The monoisotopic (exact) mass is 224 g/mol. The summed E-state index contributed by atoms with van der Waals surface area (Å²) in [5, 5.41) is 2.56. The number of ether oxygens (including phenoxy) is 1. The second-order valence-corrected chi connectivity index (χ2v) is 3.72. The Bertz CT molecular complexity index is 403. The predicted octanol–water partition coefficient (Wildman–Crippen LogP) is 1.53. The zero-order valence-corrected chi connectivity index (χ0v) is 8.70. The van der Waals surface area contributed by atoms with E-state index >= 15 is 0 Å². The summed E-state index contributed by atoms with van der Waals surface area (Å²) in [6.45, 7) is 0.594. The van der Waals surface area contributed by atoms with Crippen molar-refractivity contribution in [2.24, 2.45) is 0 Å². The molecule has 1 aromatic rings. The van der Waals surface area contributed by atoms with Gasteiger partial charge in [-0.1, -0.05) is 0 Å². The fourth-order valence-corrected chi connectivity index (χ4v) is 1.63. The lowest BCUT2D eigenvalue weighted by molar-refractivity contribution is -0.124. The van der Waals surface area contributed by atoms with Crippen molar-refractivity contribution in [1.29, 1.82) is 0 Å². The van der Waals surface area contributed by atoms with Gasteiger partial charge in [0, 0.05) is 6.61 Å². The molecule has 0 saturated carbocycles. The minimum absolute atomic E-state index is 0.269. The number of hydrogen-bond acceptors (Lipinski definition) is 3. The largest absolute Gasteiger partial charge is 0.397 e. The van der Waals surface area contributed by atoms with Gasteiger partial charge in [-0.2, -0.15) is 0 Å². The van der Waals surface area contributed by atoms with Gasteiger partial charge in [0.05, 0.1) is 11.4 Å². The lowest BCUT2D eigenvalue weighted by Crippen LogP contribution is -2.27. The SMILES string of the molecule is Nc1ccc(F)cc1NC(=O)[C@@H]1CCCO1. The Morgan fingerprint density at radius 3 is 3.06 bits per heavy atom. The van der Waals surface area contributed by atoms with Crippen LogP contribution in [0.25, 0.3) is 0 Å². The molecule has 0 unspecified atom stereocenters. The predicted molar refractivity (Wildman–Crippen MR) is 58.4 cm³/mol. The van der Waals surface area contributed by atoms with Gasteiger partial charge in [-0.3, -0.25) is 4.79 Å². The quantitative estimate of drug-likeness (QED) is 0.749. The lowest BCUT2D eigenvalue weighted by Gasteiger charge is -2.12. The van der Waals surface area contributed by atoms with Gasteiger partial charge in [0.25, 0.3) is 5.91 Å². The van der Waals surface area contributed by atoms with Crippen molar-refractivity contribution in [2.45, 2.75) is 18.9 Å². The number of rotatable bonds is 2. The van der Waals surface area contributed by atoms with Crippen LogP contribution < -0.4 is 11.1 Å². The van der Waals surface area contributed by atoms with E-state index in [4.69, 9.17) is 10.5 Å². The number of carbonyl (C=O) groups is 1. The van der Waals surface area contributed by atoms with Crippen molar-refractivity contribution >= 4 is 17.3 Å². The van der Waals surface area contributed by atoms with Crippen LogP contribution in [0.2, 0.25) is 0 Å². The minimum atomic E-state index is -0.442. The van der Waals surface area contributed by atoms with Gasteiger partial charge in [-0.25, -0.2) is 4.39 Å². The molecule has 1 heterocycles. The molecule has 16 heavy (non-hydrogen) atoms. The highest BCUT2D eigenvalue weighted by atomic mass is 19.1. The summed E-state index contributed by atoms with van der Waals surface area (Å²) < 4.78 is 18.1. The summed E-state index contributed by atoms with van der Waals surface area (Å²) in [6, 6.07) is 3.86. The van der Waals surface area contributed by atoms with Gasteiger partial charge < -0.3 is 15.8 Å². The van der Waals surface area contributed by atoms with Gasteiger partial charge in [-0.05, 0) is 31.0 Å². The molecule has 0 radical (unpaired) electrons. The Kier molecular flexibility index (Phi) is 3.05. The highest BCUT2D eigenvalue weighted by molar-refractivity contribution is 5.96. The van der Waals surface area contributed by atoms with Gasteiger partial charge in [0.1, 0.15) is 11.9 Å². The summed E-state index contributed by atoms with van der Waals surface area (Å²) in [5.74, 6) is -0.702. The second kappa shape index (κ2) is 4.49. The number of benzene rings is 1. The van der Waals surface area contributed by atoms with Crippen molar-refractivity contribution in [3.8, 4) is 0 Å². The first kappa shape index (κ1) is 10.9. The number of nitrogens with two attached hydrogens (primary N) is 1. The van der Waals surface area contributed by atoms with E-state index in [0.29, 0.717) is 24.4 Å². The summed E-state index contributed by atoms with van der Waals surface area (Å²) >= 11 is 0. The molecule has 1 aliphatic heterocycles. The Morgan fingerprint density at radius 1 is 1.56 bits per heavy atom. The van der Waals surface area contributed by atoms with Crippen molar-refractivity contribution in [3.63, 3.8) is 0 Å². The molecule has 0 aliphatic carbocycles. The van der Waals surface area contributed by atoms with Crippen LogP contribution in [0.4, 0.5) is 15.8 Å². The number of carbonyl (C=O) groups excluding carboxylic acids is 1. The topological polar surface area (TPSA) is 64.3 Å². The number of nitrogen functional groups attached to an aromatic ring is 1. The van der Waals surface area contributed by atoms with E-state index in [9.17, 15) is 9.18 Å². The van der Waals surface area contributed by atoms with Gasteiger partial charge in [0.15, 0.2) is 0 Å². The number of amides is 1. The maximum Gasteiger partial charge on any atom is 0.253 e. The highest BCUT2D eigenvalue weighted by Crippen LogP contribution is 2.21. The molecule has 1 amide bonds. The van der Waals surface area contributed by atoms with E-state index in [2.05, 4.69) is 5.32 Å². The van der Waals surface area contributed by atoms with E-state index in [1.807, 2.05) is 0 Å². The zero-order valence-electron chi connectivity index (χ0n) is 8.70. The van der Waals surface area contributed by atoms with Crippen LogP contribution in [-0.4, -0.2) is 18.6 Å². The zero-order chi connectivity index (χ0) is 11.5. The molecule has 86 valence electrons. The Labute approximate surface area is 92.6 Å². The van der Waals surface area contributed by atoms with Crippen molar-refractivity contribution in [2.75, 3.05) is 17.7 Å². The molecule has 1 fully saturated rings. The highest BCUT2D eigenvalue weighted by Gasteiger charge is 2.23. The maximum absolute atomic E-state index is 12.9. The Balaban J connectivity index is 2.07. The van der Waals surface area contributed by atoms with Gasteiger partial charge in [0.2, 0.25) is 0 Å². The first-order valence-electron chi connectivity index (χ1n) is 5.14. The molecule has 2 rings (SSSR count). The first-order valence-corrected chi connectivity index (χ1v) is 5.14. The number of nitrogens with one attached hydrogen (secondary N) is 1. The van der Waals surface area contributed by atoms with Crippen LogP contribution in [0.1, 0.15) is 12.8 Å². The number of anilines is 2. The molecule has 0 aromatic heterocycles. The standard InChI is InChI=1S/C11H13FN2O2/c12-7-3-4-8(13)9(6-7)14-11(15)10-2-1-5-16-10/h3-4,6,10H,1-2,5,13H2,(H,14,15)/t10-/m0/s1. The average molecular weight is 224 g/mol. The van der Waals surface area contributed by atoms with Gasteiger partial charge in [-0.15, -0.1) is 0 Å². The lowest BCUT2D eigenvalue weighted by atomic mass is 10.2. The molecule has 0 spiro atoms. The number of hydrogen-bond donors (Lipinski definition) is 2. The fraction of sp³-hybridized carbons (Fsp3) is 0.364. The van der Waals surface area contributed by atoms with Crippen LogP contribution in [0.5, 0.6) is 0 Å². The van der Waals surface area contributed by atoms with E-state index in [1.165, 1.54) is 18.2 Å². The average Bonchev–Trinajstić information content (AvgIpc) is 2.76. The van der Waals surface area contributed by atoms with E-state index in [0.717, 1.165) is 6.42 Å². The van der Waals surface area contributed by atoms with Crippen LogP contribution in [-0.2, 0) is 9.53 Å². The Morgan fingerprint density at radius 2 is 2.38 bits per heavy atom. The van der Waals surface area contributed by atoms with Crippen LogP contribution in [0.15, 0.2) is 18.2 Å². The molecule has 1 aromatic carbocycles. The summed E-state index contributed by atoms with van der Waals surface area (Å²) in [5.41, 5.74) is 6.25.